The third-order valence-electron chi connectivity index (χ3n) is 5.34. The predicted molar refractivity (Wildman–Crippen MR) is 114 cm³/mol. The van der Waals surface area contributed by atoms with Crippen molar-refractivity contribution in [3.8, 4) is 0 Å². The Labute approximate surface area is 174 Å². The van der Waals surface area contributed by atoms with Gasteiger partial charge in [-0.3, -0.25) is 9.48 Å². The van der Waals surface area contributed by atoms with Crippen LogP contribution in [0.2, 0.25) is 5.02 Å². The van der Waals surface area contributed by atoms with Gasteiger partial charge < -0.3 is 5.32 Å². The fourth-order valence-electron chi connectivity index (χ4n) is 3.64. The number of fused-ring (bicyclic) bond motifs is 1. The van der Waals surface area contributed by atoms with Crippen LogP contribution >= 0.6 is 11.6 Å². The molecule has 2 aromatic carbocycles. The van der Waals surface area contributed by atoms with E-state index in [9.17, 15) is 13.2 Å². The van der Waals surface area contributed by atoms with Gasteiger partial charge in [-0.2, -0.15) is 5.10 Å². The van der Waals surface area contributed by atoms with Crippen molar-refractivity contribution in [1.82, 2.24) is 15.1 Å². The molecule has 1 saturated heterocycles. The third-order valence-corrected chi connectivity index (χ3v) is 7.31. The molecule has 1 aliphatic rings. The minimum absolute atomic E-state index is 0.185. The van der Waals surface area contributed by atoms with E-state index in [1.54, 1.807) is 0 Å². The van der Waals surface area contributed by atoms with Crippen LogP contribution in [-0.4, -0.2) is 42.2 Å². The Morgan fingerprint density at radius 1 is 1.10 bits per heavy atom. The number of amides is 1. The van der Waals surface area contributed by atoms with Gasteiger partial charge in [0.25, 0.3) is 5.91 Å². The van der Waals surface area contributed by atoms with Crippen LogP contribution < -0.4 is 5.32 Å². The van der Waals surface area contributed by atoms with Crippen molar-refractivity contribution in [1.29, 1.82) is 0 Å². The lowest BCUT2D eigenvalue weighted by Gasteiger charge is -2.21. The van der Waals surface area contributed by atoms with E-state index < -0.39 is 9.84 Å². The Morgan fingerprint density at radius 2 is 1.79 bits per heavy atom. The molecular formula is C21H22ClN3O3S. The highest BCUT2D eigenvalue weighted by Crippen LogP contribution is 2.21. The van der Waals surface area contributed by atoms with E-state index in [0.717, 1.165) is 16.5 Å². The number of rotatable bonds is 5. The molecule has 4 rings (SSSR count). The molecule has 0 atom stereocenters. The first-order valence-corrected chi connectivity index (χ1v) is 11.8. The summed E-state index contributed by atoms with van der Waals surface area (Å²) in [7, 11) is -2.90. The molecule has 1 fully saturated rings. The van der Waals surface area contributed by atoms with Gasteiger partial charge in [0, 0.05) is 17.0 Å². The number of benzene rings is 2. The second kappa shape index (κ2) is 8.16. The molecule has 1 N–H and O–H groups in total. The van der Waals surface area contributed by atoms with Crippen LogP contribution in [0.4, 0.5) is 0 Å². The maximum atomic E-state index is 12.8. The molecule has 0 radical (unpaired) electrons. The number of nitrogens with one attached hydrogen (secondary N) is 1. The van der Waals surface area contributed by atoms with Crippen LogP contribution in [0.15, 0.2) is 48.5 Å². The molecule has 6 nitrogen and oxygen atoms in total. The fraction of sp³-hybridized carbons (Fsp3) is 0.333. The molecule has 2 heterocycles. The summed E-state index contributed by atoms with van der Waals surface area (Å²) in [4.78, 5) is 12.8. The molecule has 1 amide bonds. The number of nitrogens with zero attached hydrogens (tertiary/aromatic N) is 2. The van der Waals surface area contributed by atoms with Gasteiger partial charge in [0.2, 0.25) is 0 Å². The maximum absolute atomic E-state index is 12.8. The predicted octanol–water partition coefficient (Wildman–Crippen LogP) is 3.29. The molecule has 0 saturated carbocycles. The van der Waals surface area contributed by atoms with Crippen LogP contribution in [0.5, 0.6) is 0 Å². The molecule has 0 spiro atoms. The zero-order chi connectivity index (χ0) is 20.4. The zero-order valence-corrected chi connectivity index (χ0v) is 17.4. The van der Waals surface area contributed by atoms with E-state index in [1.165, 1.54) is 0 Å². The summed E-state index contributed by atoms with van der Waals surface area (Å²) in [6.07, 6.45) is 1.18. The molecule has 1 aromatic heterocycles. The van der Waals surface area contributed by atoms with Crippen LogP contribution in [0.25, 0.3) is 10.9 Å². The quantitative estimate of drug-likeness (QED) is 0.672. The van der Waals surface area contributed by atoms with E-state index in [1.807, 2.05) is 53.2 Å². The molecular weight excluding hydrogens is 410 g/mol. The summed E-state index contributed by atoms with van der Waals surface area (Å²) in [6, 6.07) is 15.2. The smallest absolute Gasteiger partial charge is 0.272 e. The molecule has 152 valence electrons. The Bertz CT molecular complexity index is 1130. The van der Waals surface area contributed by atoms with E-state index in [4.69, 9.17) is 11.6 Å². The highest BCUT2D eigenvalue weighted by Gasteiger charge is 2.25. The Balaban J connectivity index is 1.51. The lowest BCUT2D eigenvalue weighted by Crippen LogP contribution is -2.34. The number of hydrogen-bond donors (Lipinski definition) is 1. The van der Waals surface area contributed by atoms with E-state index >= 15 is 0 Å². The lowest BCUT2D eigenvalue weighted by atomic mass is 10.0. The van der Waals surface area contributed by atoms with Gasteiger partial charge in [0.15, 0.2) is 5.69 Å². The highest BCUT2D eigenvalue weighted by atomic mass is 35.5. The number of halogens is 1. The first-order valence-electron chi connectivity index (χ1n) is 9.60. The normalized spacial score (nSPS) is 16.7. The largest absolute Gasteiger partial charge is 0.350 e. The van der Waals surface area contributed by atoms with E-state index in [0.29, 0.717) is 36.6 Å². The van der Waals surface area contributed by atoms with Crippen LogP contribution in [0, 0.1) is 5.92 Å². The molecule has 1 aliphatic heterocycles. The lowest BCUT2D eigenvalue weighted by molar-refractivity contribution is 0.0942. The number of hydrogen-bond acceptors (Lipinski definition) is 4. The average molecular weight is 432 g/mol. The highest BCUT2D eigenvalue weighted by molar-refractivity contribution is 7.91. The van der Waals surface area contributed by atoms with Gasteiger partial charge >= 0.3 is 0 Å². The number of para-hydroxylation sites is 1. The van der Waals surface area contributed by atoms with E-state index in [-0.39, 0.29) is 23.3 Å². The van der Waals surface area contributed by atoms with Crippen LogP contribution in [0.3, 0.4) is 0 Å². The summed E-state index contributed by atoms with van der Waals surface area (Å²) in [6.45, 7) is 0.998. The van der Waals surface area contributed by atoms with Crippen molar-refractivity contribution in [2.75, 3.05) is 18.1 Å². The number of aromatic nitrogens is 2. The van der Waals surface area contributed by atoms with Crippen molar-refractivity contribution in [2.45, 2.75) is 19.4 Å². The second-order valence-electron chi connectivity index (χ2n) is 7.46. The molecule has 0 unspecified atom stereocenters. The molecule has 0 bridgehead atoms. The van der Waals surface area contributed by atoms with Crippen molar-refractivity contribution in [2.24, 2.45) is 5.92 Å². The minimum atomic E-state index is -2.90. The van der Waals surface area contributed by atoms with Gasteiger partial charge in [-0.05, 0) is 42.5 Å². The molecule has 29 heavy (non-hydrogen) atoms. The Kier molecular flexibility index (Phi) is 5.61. The summed E-state index contributed by atoms with van der Waals surface area (Å²) in [5.74, 6) is 0.354. The number of carbonyl (C=O) groups is 1. The molecule has 3 aromatic rings. The first kappa shape index (κ1) is 19.9. The topological polar surface area (TPSA) is 81.1 Å². The minimum Gasteiger partial charge on any atom is -0.350 e. The number of sulfone groups is 1. The fourth-order valence-corrected chi connectivity index (χ4v) is 5.36. The monoisotopic (exact) mass is 431 g/mol. The van der Waals surface area contributed by atoms with Crippen molar-refractivity contribution >= 4 is 38.2 Å². The van der Waals surface area contributed by atoms with Gasteiger partial charge in [-0.1, -0.05) is 41.9 Å². The SMILES string of the molecule is O=C(NCC1CCS(=O)(=O)CC1)c1nn(Cc2ccc(Cl)cc2)c2ccccc12. The third kappa shape index (κ3) is 4.62. The van der Waals surface area contributed by atoms with Gasteiger partial charge in [-0.15, -0.1) is 0 Å². The van der Waals surface area contributed by atoms with Crippen molar-refractivity contribution in [3.05, 3.63) is 64.8 Å². The Morgan fingerprint density at radius 3 is 2.52 bits per heavy atom. The van der Waals surface area contributed by atoms with E-state index in [2.05, 4.69) is 10.4 Å². The van der Waals surface area contributed by atoms with Gasteiger partial charge in [0.1, 0.15) is 9.84 Å². The van der Waals surface area contributed by atoms with Crippen molar-refractivity contribution < 1.29 is 13.2 Å². The van der Waals surface area contributed by atoms with Gasteiger partial charge in [-0.25, -0.2) is 8.42 Å². The summed E-state index contributed by atoms with van der Waals surface area (Å²) in [5.41, 5.74) is 2.31. The Hall–Kier alpha value is -2.38. The second-order valence-corrected chi connectivity index (χ2v) is 10.2. The summed E-state index contributed by atoms with van der Waals surface area (Å²) in [5, 5.41) is 8.99. The summed E-state index contributed by atoms with van der Waals surface area (Å²) >= 11 is 5.96. The average Bonchev–Trinajstić information content (AvgIpc) is 3.07. The van der Waals surface area contributed by atoms with Crippen molar-refractivity contribution in [3.63, 3.8) is 0 Å². The molecule has 8 heteroatoms. The van der Waals surface area contributed by atoms with Crippen LogP contribution in [-0.2, 0) is 16.4 Å². The standard InChI is InChI=1S/C21H22ClN3O3S/c22-17-7-5-16(6-8-17)14-25-19-4-2-1-3-18(19)20(24-25)21(26)23-13-15-9-11-29(27,28)12-10-15/h1-8,15H,9-14H2,(H,23,26). The zero-order valence-electron chi connectivity index (χ0n) is 15.8. The van der Waals surface area contributed by atoms with Crippen LogP contribution in [0.1, 0.15) is 28.9 Å². The molecule has 0 aliphatic carbocycles. The number of carbonyl (C=O) groups excluding carboxylic acids is 1. The summed E-state index contributed by atoms with van der Waals surface area (Å²) < 4.78 is 25.0. The maximum Gasteiger partial charge on any atom is 0.272 e. The van der Waals surface area contributed by atoms with Gasteiger partial charge in [0.05, 0.1) is 23.6 Å². The first-order chi connectivity index (χ1) is 13.9.